The summed E-state index contributed by atoms with van der Waals surface area (Å²) in [5, 5.41) is 19.3. The number of rotatable bonds is 1. The molecular weight excluding hydrogens is 244 g/mol. The molecule has 3 N–H and O–H groups in total. The minimum Gasteiger partial charge on any atom is -0.504 e. The Morgan fingerprint density at radius 2 is 1.79 bits per heavy atom. The van der Waals surface area contributed by atoms with Crippen molar-refractivity contribution in [3.05, 3.63) is 52.8 Å². The number of phenolic OH excluding ortho intramolecular Hbond substituents is 2. The van der Waals surface area contributed by atoms with E-state index in [-0.39, 0.29) is 17.1 Å². The third kappa shape index (κ3) is 1.91. The summed E-state index contributed by atoms with van der Waals surface area (Å²) in [7, 11) is 0. The Balaban J connectivity index is 2.25. The zero-order chi connectivity index (χ0) is 13.4. The third-order valence-corrected chi connectivity index (χ3v) is 2.86. The molecule has 0 amide bonds. The average Bonchev–Trinajstić information content (AvgIpc) is 2.42. The van der Waals surface area contributed by atoms with E-state index in [1.807, 2.05) is 0 Å². The summed E-state index contributed by atoms with van der Waals surface area (Å²) in [5.41, 5.74) is 0.861. The maximum atomic E-state index is 11.9. The molecule has 0 aliphatic rings. The molecule has 94 valence electrons. The van der Waals surface area contributed by atoms with Crippen molar-refractivity contribution in [1.29, 1.82) is 0 Å². The van der Waals surface area contributed by atoms with E-state index in [9.17, 15) is 15.0 Å². The van der Waals surface area contributed by atoms with Crippen LogP contribution in [0.4, 0.5) is 0 Å². The standard InChI is InChI=1S/C14H10N2O3/c17-11-6-5-8(7-12(11)18)13-15-10-4-2-1-3-9(10)14(19)16-13/h1-7,17-18H,(H,15,16,19). The highest BCUT2D eigenvalue weighted by atomic mass is 16.3. The maximum Gasteiger partial charge on any atom is 0.259 e. The van der Waals surface area contributed by atoms with Gasteiger partial charge in [-0.2, -0.15) is 0 Å². The van der Waals surface area contributed by atoms with Gasteiger partial charge in [0.25, 0.3) is 5.56 Å². The van der Waals surface area contributed by atoms with Crippen molar-refractivity contribution in [2.24, 2.45) is 0 Å². The normalized spacial score (nSPS) is 10.7. The molecule has 3 rings (SSSR count). The Labute approximate surface area is 107 Å². The number of benzene rings is 2. The Morgan fingerprint density at radius 3 is 2.58 bits per heavy atom. The van der Waals surface area contributed by atoms with Crippen LogP contribution >= 0.6 is 0 Å². The van der Waals surface area contributed by atoms with Gasteiger partial charge in [0.15, 0.2) is 11.5 Å². The lowest BCUT2D eigenvalue weighted by molar-refractivity contribution is 0.404. The number of aromatic amines is 1. The van der Waals surface area contributed by atoms with Crippen LogP contribution in [-0.4, -0.2) is 20.2 Å². The van der Waals surface area contributed by atoms with Crippen LogP contribution in [-0.2, 0) is 0 Å². The van der Waals surface area contributed by atoms with E-state index in [1.54, 1.807) is 30.3 Å². The molecule has 5 nitrogen and oxygen atoms in total. The second kappa shape index (κ2) is 4.13. The fraction of sp³-hybridized carbons (Fsp3) is 0. The number of H-pyrrole nitrogens is 1. The van der Waals surface area contributed by atoms with Gasteiger partial charge in [0.05, 0.1) is 10.9 Å². The highest BCUT2D eigenvalue weighted by Crippen LogP contribution is 2.28. The van der Waals surface area contributed by atoms with Gasteiger partial charge in [-0.05, 0) is 30.3 Å². The van der Waals surface area contributed by atoms with Gasteiger partial charge in [-0.25, -0.2) is 4.98 Å². The van der Waals surface area contributed by atoms with E-state index in [2.05, 4.69) is 9.97 Å². The molecule has 2 aromatic carbocycles. The Bertz CT molecular complexity index is 824. The summed E-state index contributed by atoms with van der Waals surface area (Å²) in [4.78, 5) is 18.9. The lowest BCUT2D eigenvalue weighted by atomic mass is 10.1. The van der Waals surface area contributed by atoms with Gasteiger partial charge in [-0.15, -0.1) is 0 Å². The average molecular weight is 254 g/mol. The summed E-state index contributed by atoms with van der Waals surface area (Å²) < 4.78 is 0. The molecule has 3 aromatic rings. The van der Waals surface area contributed by atoms with Crippen LogP contribution in [0, 0.1) is 0 Å². The zero-order valence-corrected chi connectivity index (χ0v) is 9.79. The minimum absolute atomic E-state index is 0.216. The molecule has 0 atom stereocenters. The molecule has 0 unspecified atom stereocenters. The summed E-state index contributed by atoms with van der Waals surface area (Å²) in [6, 6.07) is 11.3. The van der Waals surface area contributed by atoms with Gasteiger partial charge in [0.2, 0.25) is 0 Å². The number of hydrogen-bond acceptors (Lipinski definition) is 4. The Hall–Kier alpha value is -2.82. The van der Waals surface area contributed by atoms with Gasteiger partial charge >= 0.3 is 0 Å². The van der Waals surface area contributed by atoms with Crippen LogP contribution in [0.15, 0.2) is 47.3 Å². The van der Waals surface area contributed by atoms with Crippen LogP contribution in [0.25, 0.3) is 22.3 Å². The summed E-state index contributed by atoms with van der Waals surface area (Å²) in [6.45, 7) is 0. The number of phenols is 2. The van der Waals surface area contributed by atoms with E-state index in [0.29, 0.717) is 22.3 Å². The van der Waals surface area contributed by atoms with Crippen LogP contribution in [0.3, 0.4) is 0 Å². The van der Waals surface area contributed by atoms with E-state index in [1.165, 1.54) is 12.1 Å². The molecule has 1 aromatic heterocycles. The highest BCUT2D eigenvalue weighted by molar-refractivity contribution is 5.79. The van der Waals surface area contributed by atoms with Crippen LogP contribution in [0.1, 0.15) is 0 Å². The first-order chi connectivity index (χ1) is 9.15. The third-order valence-electron chi connectivity index (χ3n) is 2.86. The van der Waals surface area contributed by atoms with E-state index in [4.69, 9.17) is 0 Å². The molecule has 0 bridgehead atoms. The van der Waals surface area contributed by atoms with Crippen molar-refractivity contribution < 1.29 is 10.2 Å². The predicted octanol–water partition coefficient (Wildman–Crippen LogP) is 2.00. The molecule has 0 spiro atoms. The Morgan fingerprint density at radius 1 is 1.00 bits per heavy atom. The molecule has 0 fully saturated rings. The number of aromatic hydroxyl groups is 2. The first-order valence-electron chi connectivity index (χ1n) is 5.66. The highest BCUT2D eigenvalue weighted by Gasteiger charge is 2.07. The number of para-hydroxylation sites is 1. The van der Waals surface area contributed by atoms with Crippen molar-refractivity contribution in [3.8, 4) is 22.9 Å². The molecular formula is C14H10N2O3. The molecule has 0 radical (unpaired) electrons. The second-order valence-corrected chi connectivity index (χ2v) is 4.14. The quantitative estimate of drug-likeness (QED) is 0.580. The van der Waals surface area contributed by atoms with E-state index < -0.39 is 0 Å². The first kappa shape index (κ1) is 11.3. The zero-order valence-electron chi connectivity index (χ0n) is 9.79. The second-order valence-electron chi connectivity index (χ2n) is 4.14. The first-order valence-corrected chi connectivity index (χ1v) is 5.66. The number of fused-ring (bicyclic) bond motifs is 1. The predicted molar refractivity (Wildman–Crippen MR) is 71.1 cm³/mol. The fourth-order valence-electron chi connectivity index (χ4n) is 1.89. The van der Waals surface area contributed by atoms with Gasteiger partial charge in [-0.3, -0.25) is 4.79 Å². The number of aromatic nitrogens is 2. The SMILES string of the molecule is O=c1[nH]c(-c2ccc(O)c(O)c2)nc2ccccc12. The van der Waals surface area contributed by atoms with Crippen molar-refractivity contribution in [2.45, 2.75) is 0 Å². The number of nitrogens with zero attached hydrogens (tertiary/aromatic N) is 1. The summed E-state index contributed by atoms with van der Waals surface area (Å²) in [6.07, 6.45) is 0. The molecule has 0 saturated heterocycles. The molecule has 0 saturated carbocycles. The number of nitrogens with one attached hydrogen (secondary N) is 1. The molecule has 19 heavy (non-hydrogen) atoms. The smallest absolute Gasteiger partial charge is 0.259 e. The topological polar surface area (TPSA) is 86.2 Å². The molecule has 5 heteroatoms. The molecule has 0 aliphatic heterocycles. The lowest BCUT2D eigenvalue weighted by Crippen LogP contribution is -2.09. The number of hydrogen-bond donors (Lipinski definition) is 3. The van der Waals surface area contributed by atoms with Crippen LogP contribution < -0.4 is 5.56 Å². The van der Waals surface area contributed by atoms with Gasteiger partial charge in [0, 0.05) is 5.56 Å². The van der Waals surface area contributed by atoms with Crippen molar-refractivity contribution in [1.82, 2.24) is 9.97 Å². The largest absolute Gasteiger partial charge is 0.504 e. The molecule has 1 heterocycles. The minimum atomic E-state index is -0.256. The summed E-state index contributed by atoms with van der Waals surface area (Å²) in [5.74, 6) is -0.126. The van der Waals surface area contributed by atoms with Gasteiger partial charge < -0.3 is 15.2 Å². The van der Waals surface area contributed by atoms with Gasteiger partial charge in [-0.1, -0.05) is 12.1 Å². The lowest BCUT2D eigenvalue weighted by Gasteiger charge is -2.04. The Kier molecular flexibility index (Phi) is 2.45. The van der Waals surface area contributed by atoms with Gasteiger partial charge in [0.1, 0.15) is 5.82 Å². The van der Waals surface area contributed by atoms with E-state index >= 15 is 0 Å². The van der Waals surface area contributed by atoms with E-state index in [0.717, 1.165) is 0 Å². The monoisotopic (exact) mass is 254 g/mol. The fourth-order valence-corrected chi connectivity index (χ4v) is 1.89. The maximum absolute atomic E-state index is 11.9. The van der Waals surface area contributed by atoms with Crippen molar-refractivity contribution in [2.75, 3.05) is 0 Å². The van der Waals surface area contributed by atoms with Crippen LogP contribution in [0.5, 0.6) is 11.5 Å². The van der Waals surface area contributed by atoms with Crippen LogP contribution in [0.2, 0.25) is 0 Å². The van der Waals surface area contributed by atoms with Crippen molar-refractivity contribution in [3.63, 3.8) is 0 Å². The molecule has 0 aliphatic carbocycles. The summed E-state index contributed by atoms with van der Waals surface area (Å²) >= 11 is 0. The van der Waals surface area contributed by atoms with Crippen molar-refractivity contribution >= 4 is 10.9 Å².